The molecule has 0 aliphatic rings. The van der Waals surface area contributed by atoms with Crippen molar-refractivity contribution in [2.45, 2.75) is 91.7 Å². The minimum Gasteiger partial charge on any atom is -0.0952 e. The van der Waals surface area contributed by atoms with Crippen molar-refractivity contribution in [1.82, 2.24) is 0 Å². The van der Waals surface area contributed by atoms with E-state index >= 15 is 0 Å². The van der Waals surface area contributed by atoms with Gasteiger partial charge in [0.1, 0.15) is 0 Å². The van der Waals surface area contributed by atoms with E-state index in [0.29, 0.717) is 5.92 Å². The molecule has 0 heterocycles. The van der Waals surface area contributed by atoms with Gasteiger partial charge in [0, 0.05) is 13.8 Å². The van der Waals surface area contributed by atoms with Crippen molar-refractivity contribution in [3.63, 3.8) is 0 Å². The number of hydrogen-bond donors (Lipinski definition) is 0. The lowest BCUT2D eigenvalue weighted by Crippen LogP contribution is -2.46. The highest BCUT2D eigenvalue weighted by Gasteiger charge is 2.30. The Kier molecular flexibility index (Phi) is 10.5. The minimum atomic E-state index is -1.33. The first kappa shape index (κ1) is 27.1. The lowest BCUT2D eigenvalue weighted by atomic mass is 10.2. The molecule has 174 valence electrons. The van der Waals surface area contributed by atoms with Gasteiger partial charge in [-0.2, -0.15) is 0 Å². The topological polar surface area (TPSA) is 0 Å². The Labute approximate surface area is 202 Å². The molecule has 0 aliphatic carbocycles. The Balaban J connectivity index is 2.47. The van der Waals surface area contributed by atoms with Crippen LogP contribution >= 0.6 is 7.92 Å². The third kappa shape index (κ3) is 5.86. The highest BCUT2D eigenvalue weighted by Crippen LogP contribution is 2.32. The van der Waals surface area contributed by atoms with Gasteiger partial charge in [-0.3, -0.25) is 0 Å². The Morgan fingerprint density at radius 1 is 0.594 bits per heavy atom. The van der Waals surface area contributed by atoms with Crippen molar-refractivity contribution in [2.24, 2.45) is 5.92 Å². The molecular weight excluding hydrogens is 435 g/mol. The predicted octanol–water partition coefficient (Wildman–Crippen LogP) is 7.17. The SMILES string of the molecule is CC[Si](CC)(CC)c1ccc(P(C#CC(C)C)c2ccc([Si](CC)(CC)CC)cc2)cc1. The summed E-state index contributed by atoms with van der Waals surface area (Å²) >= 11 is 0. The maximum Gasteiger partial charge on any atom is 0.0859 e. The zero-order valence-corrected chi connectivity index (χ0v) is 24.8. The van der Waals surface area contributed by atoms with Gasteiger partial charge in [0.05, 0.1) is 16.1 Å². The molecule has 0 saturated heterocycles. The van der Waals surface area contributed by atoms with Gasteiger partial charge in [-0.25, -0.2) is 0 Å². The average molecular weight is 481 g/mol. The van der Waals surface area contributed by atoms with Crippen molar-refractivity contribution in [1.29, 1.82) is 0 Å². The molecule has 0 nitrogen and oxygen atoms in total. The predicted molar refractivity (Wildman–Crippen MR) is 155 cm³/mol. The summed E-state index contributed by atoms with van der Waals surface area (Å²) in [6, 6.07) is 27.4. The van der Waals surface area contributed by atoms with Gasteiger partial charge in [0.25, 0.3) is 0 Å². The summed E-state index contributed by atoms with van der Waals surface area (Å²) in [5.41, 5.74) is 3.69. The van der Waals surface area contributed by atoms with Crippen LogP contribution in [0.3, 0.4) is 0 Å². The molecule has 0 spiro atoms. The van der Waals surface area contributed by atoms with E-state index < -0.39 is 24.1 Å². The second-order valence-corrected chi connectivity index (χ2v) is 22.0. The largest absolute Gasteiger partial charge is 0.0952 e. The summed E-state index contributed by atoms with van der Waals surface area (Å²) in [6.07, 6.45) is 0. The molecule has 2 aromatic carbocycles. The van der Waals surface area contributed by atoms with E-state index in [-0.39, 0.29) is 0 Å². The van der Waals surface area contributed by atoms with Gasteiger partial charge in [-0.05, 0) is 10.6 Å². The van der Waals surface area contributed by atoms with E-state index in [1.165, 1.54) is 46.9 Å². The highest BCUT2D eigenvalue weighted by molar-refractivity contribution is 7.77. The number of rotatable bonds is 10. The molecule has 0 atom stereocenters. The molecule has 0 fully saturated rings. The van der Waals surface area contributed by atoms with Crippen molar-refractivity contribution in [3.05, 3.63) is 48.5 Å². The molecule has 0 radical (unpaired) electrons. The van der Waals surface area contributed by atoms with Crippen molar-refractivity contribution >= 4 is 45.1 Å². The summed E-state index contributed by atoms with van der Waals surface area (Å²) in [5, 5.41) is 6.06. The minimum absolute atomic E-state index is 0.402. The fourth-order valence-corrected chi connectivity index (χ4v) is 14.2. The van der Waals surface area contributed by atoms with Crippen molar-refractivity contribution in [2.75, 3.05) is 0 Å². The van der Waals surface area contributed by atoms with Gasteiger partial charge in [-0.15, -0.1) is 0 Å². The molecule has 0 aromatic heterocycles. The van der Waals surface area contributed by atoms with Crippen LogP contribution in [0.5, 0.6) is 0 Å². The zero-order valence-electron chi connectivity index (χ0n) is 21.9. The molecule has 32 heavy (non-hydrogen) atoms. The Hall–Kier alpha value is -1.14. The third-order valence-electron chi connectivity index (χ3n) is 8.00. The normalized spacial score (nSPS) is 12.2. The third-order valence-corrected chi connectivity index (χ3v) is 21.2. The van der Waals surface area contributed by atoms with E-state index in [1.807, 2.05) is 0 Å². The molecule has 0 aliphatic heterocycles. The van der Waals surface area contributed by atoms with Gasteiger partial charge < -0.3 is 0 Å². The summed E-state index contributed by atoms with van der Waals surface area (Å²) < 4.78 is 0. The summed E-state index contributed by atoms with van der Waals surface area (Å²) in [6.45, 7) is 18.7. The molecule has 0 bridgehead atoms. The second-order valence-electron chi connectivity index (χ2n) is 9.52. The van der Waals surface area contributed by atoms with Crippen molar-refractivity contribution in [3.8, 4) is 11.6 Å². The summed E-state index contributed by atoms with van der Waals surface area (Å²) in [5.74, 6) is 3.90. The van der Waals surface area contributed by atoms with Gasteiger partial charge in [-0.1, -0.05) is 162 Å². The summed E-state index contributed by atoms with van der Waals surface area (Å²) in [7, 11) is -3.30. The second kappa shape index (κ2) is 12.4. The van der Waals surface area contributed by atoms with E-state index in [2.05, 4.69) is 116 Å². The Morgan fingerprint density at radius 2 is 0.906 bits per heavy atom. The van der Waals surface area contributed by atoms with E-state index in [1.54, 1.807) is 10.4 Å². The van der Waals surface area contributed by atoms with Crippen LogP contribution in [0, 0.1) is 17.5 Å². The molecule has 0 saturated carbocycles. The van der Waals surface area contributed by atoms with Crippen LogP contribution < -0.4 is 21.0 Å². The monoisotopic (exact) mass is 480 g/mol. The number of hydrogen-bond acceptors (Lipinski definition) is 0. The average Bonchev–Trinajstić information content (AvgIpc) is 2.83. The van der Waals surface area contributed by atoms with Crippen LogP contribution in [0.2, 0.25) is 36.3 Å². The molecule has 2 aromatic rings. The van der Waals surface area contributed by atoms with Crippen molar-refractivity contribution < 1.29 is 0 Å². The van der Waals surface area contributed by atoms with E-state index in [4.69, 9.17) is 0 Å². The smallest absolute Gasteiger partial charge is 0.0859 e. The number of benzene rings is 2. The van der Waals surface area contributed by atoms with Crippen LogP contribution in [0.15, 0.2) is 48.5 Å². The molecule has 0 amide bonds. The molecular formula is C29H45PSi2. The Bertz CT molecular complexity index is 799. The first-order valence-electron chi connectivity index (χ1n) is 12.9. The highest BCUT2D eigenvalue weighted by atomic mass is 31.1. The maximum atomic E-state index is 3.69. The van der Waals surface area contributed by atoms with E-state index in [9.17, 15) is 0 Å². The van der Waals surface area contributed by atoms with Crippen LogP contribution in [-0.4, -0.2) is 16.1 Å². The van der Waals surface area contributed by atoms with Crippen LogP contribution in [-0.2, 0) is 0 Å². The molecule has 3 heteroatoms. The molecule has 0 unspecified atom stereocenters. The first-order chi connectivity index (χ1) is 15.3. The van der Waals surface area contributed by atoms with E-state index in [0.717, 1.165) is 0 Å². The zero-order chi connectivity index (χ0) is 23.8. The fourth-order valence-electron chi connectivity index (χ4n) is 5.12. The van der Waals surface area contributed by atoms with Gasteiger partial charge >= 0.3 is 0 Å². The van der Waals surface area contributed by atoms with Gasteiger partial charge in [0.15, 0.2) is 0 Å². The fraction of sp³-hybridized carbons (Fsp3) is 0.517. The quantitative estimate of drug-likeness (QED) is 0.192. The van der Waals surface area contributed by atoms with Crippen LogP contribution in [0.25, 0.3) is 0 Å². The molecule has 0 N–H and O–H groups in total. The first-order valence-corrected chi connectivity index (χ1v) is 19.5. The lowest BCUT2D eigenvalue weighted by Gasteiger charge is -2.29. The Morgan fingerprint density at radius 3 is 1.16 bits per heavy atom. The van der Waals surface area contributed by atoms with Crippen LogP contribution in [0.1, 0.15) is 55.4 Å². The molecule has 2 rings (SSSR count). The van der Waals surface area contributed by atoms with Gasteiger partial charge in [0.2, 0.25) is 0 Å². The summed E-state index contributed by atoms with van der Waals surface area (Å²) in [4.78, 5) is 0. The lowest BCUT2D eigenvalue weighted by molar-refractivity contribution is 0.867. The van der Waals surface area contributed by atoms with Crippen LogP contribution in [0.4, 0.5) is 0 Å². The standard InChI is InChI=1S/C29H45PSi2/c1-9-31(10-2,11-3)28-19-15-26(16-20-28)30(24-23-25(7)8)27-17-21-29(22-18-27)32(12-4,13-5)14-6/h15-22,25H,9-14H2,1-8H3. The maximum absolute atomic E-state index is 3.69.